The van der Waals surface area contributed by atoms with Crippen LogP contribution >= 0.6 is 0 Å². The lowest BCUT2D eigenvalue weighted by molar-refractivity contribution is 0.411. The summed E-state index contributed by atoms with van der Waals surface area (Å²) in [6, 6.07) is 14.3. The Morgan fingerprint density at radius 3 is 3.00 bits per heavy atom. The summed E-state index contributed by atoms with van der Waals surface area (Å²) in [5, 5.41) is 4.35. The van der Waals surface area contributed by atoms with Crippen molar-refractivity contribution >= 4 is 0 Å². The molecule has 0 aliphatic heterocycles. The van der Waals surface area contributed by atoms with Gasteiger partial charge in [-0.05, 0) is 30.3 Å². The van der Waals surface area contributed by atoms with Crippen LogP contribution in [0.3, 0.4) is 0 Å². The van der Waals surface area contributed by atoms with Crippen molar-refractivity contribution in [3.63, 3.8) is 0 Å². The number of rotatable bonds is 3. The molecule has 2 aromatic heterocycles. The second-order valence-electron chi connectivity index (χ2n) is 3.99. The van der Waals surface area contributed by atoms with Crippen molar-refractivity contribution in [3.05, 3.63) is 61.1 Å². The lowest BCUT2D eigenvalue weighted by Crippen LogP contribution is -1.97. The Labute approximate surface area is 111 Å². The normalized spacial score (nSPS) is 10.4. The molecule has 1 radical (unpaired) electrons. The molecule has 0 amide bonds. The zero-order valence-corrected chi connectivity index (χ0v) is 10.4. The van der Waals surface area contributed by atoms with Gasteiger partial charge in [0.15, 0.2) is 0 Å². The average Bonchev–Trinajstić information content (AvgIpc) is 2.98. The number of nitrogens with zero attached hydrogens (tertiary/aromatic N) is 3. The maximum atomic E-state index is 5.32. The van der Waals surface area contributed by atoms with Crippen molar-refractivity contribution in [1.82, 2.24) is 14.8 Å². The number of pyridine rings is 1. The summed E-state index contributed by atoms with van der Waals surface area (Å²) in [5.74, 6) is 0.759. The molecular weight excluding hydrogens is 238 g/mol. The molecule has 93 valence electrons. The molecule has 0 saturated heterocycles. The van der Waals surface area contributed by atoms with Gasteiger partial charge in [0.2, 0.25) is 0 Å². The van der Waals surface area contributed by atoms with Gasteiger partial charge in [0.05, 0.1) is 19.0 Å². The van der Waals surface area contributed by atoms with E-state index in [2.05, 4.69) is 16.1 Å². The lowest BCUT2D eigenvalue weighted by atomic mass is 10.2. The highest BCUT2D eigenvalue weighted by Crippen LogP contribution is 2.23. The number of benzene rings is 1. The van der Waals surface area contributed by atoms with Crippen molar-refractivity contribution in [1.29, 1.82) is 0 Å². The molecule has 4 heteroatoms. The third-order valence-corrected chi connectivity index (χ3v) is 2.81. The van der Waals surface area contributed by atoms with E-state index in [0.717, 1.165) is 22.7 Å². The van der Waals surface area contributed by atoms with E-state index < -0.39 is 0 Å². The van der Waals surface area contributed by atoms with Gasteiger partial charge in [-0.1, -0.05) is 12.1 Å². The van der Waals surface area contributed by atoms with E-state index in [1.807, 2.05) is 42.6 Å². The number of hydrogen-bond donors (Lipinski definition) is 0. The van der Waals surface area contributed by atoms with Crippen LogP contribution < -0.4 is 4.74 Å². The van der Waals surface area contributed by atoms with Gasteiger partial charge in [-0.25, -0.2) is 4.68 Å². The maximum Gasteiger partial charge on any atom is 0.144 e. The van der Waals surface area contributed by atoms with E-state index in [-0.39, 0.29) is 0 Å². The molecule has 0 N–H and O–H groups in total. The Morgan fingerprint density at radius 1 is 1.26 bits per heavy atom. The highest BCUT2D eigenvalue weighted by atomic mass is 16.5. The highest BCUT2D eigenvalue weighted by Gasteiger charge is 2.07. The molecule has 0 spiro atoms. The Balaban J connectivity index is 2.02. The fourth-order valence-electron chi connectivity index (χ4n) is 1.88. The van der Waals surface area contributed by atoms with Crippen LogP contribution in [0.4, 0.5) is 0 Å². The Kier molecular flexibility index (Phi) is 2.98. The Hall–Kier alpha value is -2.62. The lowest BCUT2D eigenvalue weighted by Gasteiger charge is -2.06. The standard InChI is InChI=1S/C15H12N3O/c1-19-15-8-3-2-7-14(15)18-11-12(10-17-18)13-6-4-5-9-16-13/h3-11H,1H3. The summed E-state index contributed by atoms with van der Waals surface area (Å²) >= 11 is 0. The minimum absolute atomic E-state index is 0.759. The molecule has 0 atom stereocenters. The van der Waals surface area contributed by atoms with Crippen LogP contribution in [0.15, 0.2) is 55.0 Å². The zero-order chi connectivity index (χ0) is 13.1. The summed E-state index contributed by atoms with van der Waals surface area (Å²) in [4.78, 5) is 4.31. The third-order valence-electron chi connectivity index (χ3n) is 2.81. The number of hydrogen-bond acceptors (Lipinski definition) is 3. The first kappa shape index (κ1) is 11.5. The van der Waals surface area contributed by atoms with Gasteiger partial charge in [-0.2, -0.15) is 5.10 Å². The van der Waals surface area contributed by atoms with E-state index in [4.69, 9.17) is 4.74 Å². The highest BCUT2D eigenvalue weighted by molar-refractivity contribution is 5.58. The van der Waals surface area contributed by atoms with Crippen LogP contribution in [0.1, 0.15) is 0 Å². The molecule has 1 aromatic carbocycles. The van der Waals surface area contributed by atoms with Crippen molar-refractivity contribution in [2.75, 3.05) is 7.11 Å². The van der Waals surface area contributed by atoms with Crippen molar-refractivity contribution in [2.24, 2.45) is 0 Å². The summed E-state index contributed by atoms with van der Waals surface area (Å²) in [6.07, 6.45) is 5.48. The van der Waals surface area contributed by atoms with E-state index in [1.54, 1.807) is 24.2 Å². The molecule has 3 aromatic rings. The van der Waals surface area contributed by atoms with Gasteiger partial charge in [0.25, 0.3) is 0 Å². The molecule has 2 heterocycles. The zero-order valence-electron chi connectivity index (χ0n) is 10.4. The first-order valence-corrected chi connectivity index (χ1v) is 5.89. The van der Waals surface area contributed by atoms with E-state index in [0.29, 0.717) is 0 Å². The minimum atomic E-state index is 0.759. The molecule has 19 heavy (non-hydrogen) atoms. The molecular formula is C15H12N3O. The molecule has 0 aliphatic carbocycles. The summed E-state index contributed by atoms with van der Waals surface area (Å²) in [7, 11) is 1.64. The number of methoxy groups -OCH3 is 1. The molecule has 0 unspecified atom stereocenters. The smallest absolute Gasteiger partial charge is 0.144 e. The fraction of sp³-hybridized carbons (Fsp3) is 0.0667. The van der Waals surface area contributed by atoms with Crippen molar-refractivity contribution in [3.8, 4) is 22.7 Å². The monoisotopic (exact) mass is 250 g/mol. The van der Waals surface area contributed by atoms with Gasteiger partial charge in [-0.3, -0.25) is 4.98 Å². The van der Waals surface area contributed by atoms with E-state index in [9.17, 15) is 0 Å². The molecule has 0 aliphatic rings. The average molecular weight is 250 g/mol. The van der Waals surface area contributed by atoms with Gasteiger partial charge >= 0.3 is 0 Å². The first-order valence-electron chi connectivity index (χ1n) is 5.89. The quantitative estimate of drug-likeness (QED) is 0.717. The predicted molar refractivity (Wildman–Crippen MR) is 72.2 cm³/mol. The Bertz CT molecular complexity index is 677. The fourth-order valence-corrected chi connectivity index (χ4v) is 1.88. The molecule has 0 fully saturated rings. The summed E-state index contributed by atoms with van der Waals surface area (Å²) < 4.78 is 7.08. The third kappa shape index (κ3) is 2.20. The molecule has 0 saturated carbocycles. The van der Waals surface area contributed by atoms with Crippen LogP contribution in [-0.2, 0) is 0 Å². The topological polar surface area (TPSA) is 39.9 Å². The van der Waals surface area contributed by atoms with Gasteiger partial charge < -0.3 is 4.74 Å². The van der Waals surface area contributed by atoms with Gasteiger partial charge in [-0.15, -0.1) is 0 Å². The minimum Gasteiger partial charge on any atom is -0.494 e. The van der Waals surface area contributed by atoms with E-state index >= 15 is 0 Å². The van der Waals surface area contributed by atoms with Crippen LogP contribution in [-0.4, -0.2) is 21.9 Å². The van der Waals surface area contributed by atoms with Crippen molar-refractivity contribution in [2.45, 2.75) is 0 Å². The summed E-state index contributed by atoms with van der Waals surface area (Å²) in [6.45, 7) is 0. The molecule has 4 nitrogen and oxygen atoms in total. The Morgan fingerprint density at radius 2 is 2.21 bits per heavy atom. The largest absolute Gasteiger partial charge is 0.494 e. The van der Waals surface area contributed by atoms with Gasteiger partial charge in [0, 0.05) is 18.0 Å². The van der Waals surface area contributed by atoms with Crippen LogP contribution in [0.2, 0.25) is 0 Å². The van der Waals surface area contributed by atoms with Crippen LogP contribution in [0, 0.1) is 6.07 Å². The predicted octanol–water partition coefficient (Wildman–Crippen LogP) is 2.74. The maximum absolute atomic E-state index is 5.32. The van der Waals surface area contributed by atoms with Crippen molar-refractivity contribution < 1.29 is 4.74 Å². The second-order valence-corrected chi connectivity index (χ2v) is 3.99. The van der Waals surface area contributed by atoms with Crippen LogP contribution in [0.25, 0.3) is 16.9 Å². The second kappa shape index (κ2) is 4.94. The van der Waals surface area contributed by atoms with Gasteiger partial charge in [0.1, 0.15) is 11.4 Å². The SMILES string of the molecule is COc1cc[c]cc1-n1cc(-c2ccccn2)cn1. The number of ether oxygens (including phenoxy) is 1. The van der Waals surface area contributed by atoms with E-state index in [1.165, 1.54) is 0 Å². The molecule has 3 rings (SSSR count). The van der Waals surface area contributed by atoms with Crippen LogP contribution in [0.5, 0.6) is 5.75 Å². The molecule has 0 bridgehead atoms. The number of aromatic nitrogens is 3. The summed E-state index contributed by atoms with van der Waals surface area (Å²) in [5.41, 5.74) is 2.71. The first-order chi connectivity index (χ1) is 9.38.